The fourth-order valence-electron chi connectivity index (χ4n) is 3.62. The van der Waals surface area contributed by atoms with Gasteiger partial charge in [-0.3, -0.25) is 9.69 Å². The van der Waals surface area contributed by atoms with E-state index in [9.17, 15) is 14.4 Å². The summed E-state index contributed by atoms with van der Waals surface area (Å²) in [5.74, 6) is -0.564. The maximum absolute atomic E-state index is 13.0. The second-order valence-electron chi connectivity index (χ2n) is 9.48. The van der Waals surface area contributed by atoms with Crippen LogP contribution in [0.15, 0.2) is 23.1 Å². The molecule has 0 aliphatic carbocycles. The van der Waals surface area contributed by atoms with Crippen LogP contribution < -0.4 is 5.56 Å². The molecule has 30 heavy (non-hydrogen) atoms. The normalized spacial score (nSPS) is 16.1. The molecule has 0 aromatic carbocycles. The Hall–Kier alpha value is -3.03. The van der Waals surface area contributed by atoms with Crippen LogP contribution >= 0.6 is 0 Å². The van der Waals surface area contributed by atoms with E-state index in [1.54, 1.807) is 40.7 Å². The molecule has 8 nitrogen and oxygen atoms in total. The van der Waals surface area contributed by atoms with Crippen LogP contribution in [0.3, 0.4) is 0 Å². The Morgan fingerprint density at radius 2 is 1.83 bits per heavy atom. The molecule has 0 spiro atoms. The van der Waals surface area contributed by atoms with Gasteiger partial charge >= 0.3 is 12.1 Å². The van der Waals surface area contributed by atoms with E-state index in [1.807, 2.05) is 13.8 Å². The third-order valence-corrected chi connectivity index (χ3v) is 4.67. The minimum atomic E-state index is -0.688. The minimum Gasteiger partial charge on any atom is -0.459 e. The number of aromatic nitrogens is 2. The summed E-state index contributed by atoms with van der Waals surface area (Å²) >= 11 is 0. The smallest absolute Gasteiger partial charge is 0.414 e. The SMILES string of the molecule is CC(C)OC(=O)C1=CN(C(=O)OC(C)(C)C)CC(C)(C)c2c1[nH]c1ccc(=O)[nH]c21. The van der Waals surface area contributed by atoms with Crippen LogP contribution in [0.4, 0.5) is 4.79 Å². The highest BCUT2D eigenvalue weighted by Crippen LogP contribution is 2.39. The Morgan fingerprint density at radius 3 is 2.43 bits per heavy atom. The number of carbonyl (C=O) groups excluding carboxylic acids is 2. The number of amides is 1. The molecular weight excluding hydrogens is 386 g/mol. The molecule has 2 aromatic heterocycles. The van der Waals surface area contributed by atoms with Gasteiger partial charge < -0.3 is 19.4 Å². The van der Waals surface area contributed by atoms with Crippen LogP contribution in [0.1, 0.15) is 59.7 Å². The van der Waals surface area contributed by atoms with Gasteiger partial charge in [0, 0.05) is 29.8 Å². The molecule has 0 bridgehead atoms. The van der Waals surface area contributed by atoms with E-state index in [2.05, 4.69) is 9.97 Å². The largest absolute Gasteiger partial charge is 0.459 e. The minimum absolute atomic E-state index is 0.201. The molecular formula is C22H29N3O5. The molecule has 1 aliphatic heterocycles. The quantitative estimate of drug-likeness (QED) is 0.728. The third-order valence-electron chi connectivity index (χ3n) is 4.67. The van der Waals surface area contributed by atoms with E-state index in [1.165, 1.54) is 17.2 Å². The van der Waals surface area contributed by atoms with Crippen molar-refractivity contribution in [1.82, 2.24) is 14.9 Å². The number of carbonyl (C=O) groups is 2. The lowest BCUT2D eigenvalue weighted by molar-refractivity contribution is -0.140. The molecule has 0 fully saturated rings. The molecule has 2 N–H and O–H groups in total. The van der Waals surface area contributed by atoms with Crippen LogP contribution in [0.2, 0.25) is 0 Å². The highest BCUT2D eigenvalue weighted by Gasteiger charge is 2.39. The summed E-state index contributed by atoms with van der Waals surface area (Å²) in [7, 11) is 0. The number of nitrogens with zero attached hydrogens (tertiary/aromatic N) is 1. The molecule has 3 heterocycles. The van der Waals surface area contributed by atoms with Gasteiger partial charge in [-0.15, -0.1) is 0 Å². The first-order chi connectivity index (χ1) is 13.8. The predicted octanol–water partition coefficient (Wildman–Crippen LogP) is 3.68. The molecule has 0 radical (unpaired) electrons. The van der Waals surface area contributed by atoms with Crippen molar-refractivity contribution in [3.05, 3.63) is 39.9 Å². The number of nitrogens with one attached hydrogen (secondary N) is 2. The fraction of sp³-hybridized carbons (Fsp3) is 0.500. The van der Waals surface area contributed by atoms with Gasteiger partial charge in [0.2, 0.25) is 5.56 Å². The number of pyridine rings is 1. The van der Waals surface area contributed by atoms with Gasteiger partial charge in [-0.05, 0) is 40.7 Å². The van der Waals surface area contributed by atoms with E-state index < -0.39 is 23.1 Å². The standard InChI is InChI=1S/C22H29N3O5/c1-12(2)29-19(27)13-10-25(20(28)30-21(3,4)5)11-22(6,7)16-17(13)23-14-8-9-15(26)24-18(14)16/h8-10,12,23H,11H2,1-7H3,(H,24,26). The van der Waals surface area contributed by atoms with Crippen molar-refractivity contribution < 1.29 is 19.1 Å². The first kappa shape index (κ1) is 21.7. The summed E-state index contributed by atoms with van der Waals surface area (Å²) in [5.41, 5.74) is 1.23. The van der Waals surface area contributed by atoms with Crippen molar-refractivity contribution in [3.8, 4) is 0 Å². The van der Waals surface area contributed by atoms with Crippen LogP contribution in [0.5, 0.6) is 0 Å². The zero-order valence-corrected chi connectivity index (χ0v) is 18.5. The van der Waals surface area contributed by atoms with E-state index in [0.717, 1.165) is 5.56 Å². The van der Waals surface area contributed by atoms with Crippen molar-refractivity contribution in [2.75, 3.05) is 6.54 Å². The van der Waals surface area contributed by atoms with Gasteiger partial charge in [-0.25, -0.2) is 9.59 Å². The van der Waals surface area contributed by atoms with E-state index in [-0.39, 0.29) is 23.8 Å². The average molecular weight is 415 g/mol. The summed E-state index contributed by atoms with van der Waals surface area (Å²) in [6, 6.07) is 3.10. The molecule has 1 aliphatic rings. The highest BCUT2D eigenvalue weighted by molar-refractivity contribution is 6.18. The van der Waals surface area contributed by atoms with Gasteiger partial charge in [0.05, 0.1) is 28.4 Å². The Kier molecular flexibility index (Phi) is 5.30. The highest BCUT2D eigenvalue weighted by atomic mass is 16.6. The van der Waals surface area contributed by atoms with Gasteiger partial charge in [0.15, 0.2) is 0 Å². The van der Waals surface area contributed by atoms with E-state index in [4.69, 9.17) is 9.47 Å². The van der Waals surface area contributed by atoms with Gasteiger partial charge in [-0.2, -0.15) is 0 Å². The van der Waals surface area contributed by atoms with E-state index >= 15 is 0 Å². The monoisotopic (exact) mass is 415 g/mol. The van der Waals surface area contributed by atoms with Crippen LogP contribution in [0, 0.1) is 0 Å². The summed E-state index contributed by atoms with van der Waals surface area (Å²) in [6.45, 7) is 13.0. The Bertz CT molecular complexity index is 1080. The molecule has 2 aromatic rings. The number of fused-ring (bicyclic) bond motifs is 3. The number of ether oxygens (including phenoxy) is 2. The molecule has 162 valence electrons. The number of aromatic amines is 2. The van der Waals surface area contributed by atoms with E-state index in [0.29, 0.717) is 16.7 Å². The molecule has 0 saturated carbocycles. The van der Waals surface area contributed by atoms with Gasteiger partial charge in [-0.1, -0.05) is 13.8 Å². The second-order valence-corrected chi connectivity index (χ2v) is 9.48. The van der Waals surface area contributed by atoms with Crippen molar-refractivity contribution >= 4 is 28.7 Å². The van der Waals surface area contributed by atoms with Crippen molar-refractivity contribution in [1.29, 1.82) is 0 Å². The zero-order valence-electron chi connectivity index (χ0n) is 18.5. The molecule has 1 amide bonds. The number of rotatable bonds is 2. The van der Waals surface area contributed by atoms with Crippen LogP contribution in [-0.4, -0.2) is 45.2 Å². The number of H-pyrrole nitrogens is 2. The molecule has 0 atom stereocenters. The lowest BCUT2D eigenvalue weighted by Gasteiger charge is -2.31. The molecule has 0 saturated heterocycles. The molecule has 3 rings (SSSR count). The van der Waals surface area contributed by atoms with Gasteiger partial charge in [0.1, 0.15) is 5.60 Å². The Labute approximate surface area is 175 Å². The van der Waals surface area contributed by atoms with Gasteiger partial charge in [0.25, 0.3) is 0 Å². The predicted molar refractivity (Wildman–Crippen MR) is 114 cm³/mol. The Balaban J connectivity index is 2.22. The number of esters is 1. The zero-order chi connectivity index (χ0) is 22.4. The first-order valence-electron chi connectivity index (χ1n) is 9.97. The second kappa shape index (κ2) is 7.34. The summed E-state index contributed by atoms with van der Waals surface area (Å²) in [4.78, 5) is 45.3. The van der Waals surface area contributed by atoms with Crippen molar-refractivity contribution in [3.63, 3.8) is 0 Å². The first-order valence-corrected chi connectivity index (χ1v) is 9.97. The van der Waals surface area contributed by atoms with Crippen LogP contribution in [-0.2, 0) is 19.7 Å². The number of hydrogen-bond acceptors (Lipinski definition) is 5. The third kappa shape index (κ3) is 4.27. The fourth-order valence-corrected chi connectivity index (χ4v) is 3.62. The average Bonchev–Trinajstić information content (AvgIpc) is 2.89. The summed E-state index contributed by atoms with van der Waals surface area (Å²) in [5, 5.41) is 0. The van der Waals surface area contributed by atoms with Crippen molar-refractivity contribution in [2.24, 2.45) is 0 Å². The maximum atomic E-state index is 13.0. The lowest BCUT2D eigenvalue weighted by atomic mass is 9.83. The lowest BCUT2D eigenvalue weighted by Crippen LogP contribution is -2.40. The number of hydrogen-bond donors (Lipinski definition) is 2. The summed E-state index contributed by atoms with van der Waals surface area (Å²) in [6.07, 6.45) is 0.575. The van der Waals surface area contributed by atoms with Crippen molar-refractivity contribution in [2.45, 2.75) is 65.6 Å². The molecule has 0 unspecified atom stereocenters. The van der Waals surface area contributed by atoms with Crippen LogP contribution in [0.25, 0.3) is 16.6 Å². The molecule has 8 heteroatoms. The summed E-state index contributed by atoms with van der Waals surface area (Å²) < 4.78 is 11.0. The Morgan fingerprint density at radius 1 is 1.17 bits per heavy atom. The topological polar surface area (TPSA) is 104 Å². The maximum Gasteiger partial charge on any atom is 0.414 e.